The Kier molecular flexibility index (Phi) is 4.95. The molecule has 0 bridgehead atoms. The number of amides is 1. The second kappa shape index (κ2) is 6.70. The molecule has 7 heteroatoms. The van der Waals surface area contributed by atoms with Crippen LogP contribution in [-0.4, -0.2) is 21.9 Å². The highest BCUT2D eigenvalue weighted by atomic mass is 35.5. The zero-order chi connectivity index (χ0) is 13.7. The highest BCUT2D eigenvalue weighted by molar-refractivity contribution is 8.01. The van der Waals surface area contributed by atoms with Crippen LogP contribution in [0.1, 0.15) is 10.4 Å². The number of rotatable bonds is 5. The fourth-order valence-corrected chi connectivity index (χ4v) is 2.95. The third kappa shape index (κ3) is 4.05. The Labute approximate surface area is 123 Å². The number of benzene rings is 1. The quantitative estimate of drug-likeness (QED) is 0.519. The molecule has 1 heterocycles. The Morgan fingerprint density at radius 1 is 1.53 bits per heavy atom. The summed E-state index contributed by atoms with van der Waals surface area (Å²) in [6.07, 6.45) is 1.79. The number of nitrogens with zero attached hydrogens (tertiary/aromatic N) is 2. The van der Waals surface area contributed by atoms with Crippen LogP contribution < -0.4 is 5.32 Å². The van der Waals surface area contributed by atoms with E-state index in [0.717, 1.165) is 10.1 Å². The summed E-state index contributed by atoms with van der Waals surface area (Å²) in [5.41, 5.74) is 0.489. The molecular weight excluding hydrogens is 302 g/mol. The van der Waals surface area contributed by atoms with Gasteiger partial charge in [-0.05, 0) is 18.2 Å². The van der Waals surface area contributed by atoms with E-state index in [4.69, 9.17) is 11.6 Å². The first-order chi connectivity index (χ1) is 9.19. The summed E-state index contributed by atoms with van der Waals surface area (Å²) in [6, 6.07) is 6.73. The number of nitrogens with one attached hydrogen (secondary N) is 1. The molecular formula is C12H10ClN3OS2. The van der Waals surface area contributed by atoms with Crippen molar-refractivity contribution in [1.29, 1.82) is 0 Å². The summed E-state index contributed by atoms with van der Waals surface area (Å²) >= 11 is 8.68. The lowest BCUT2D eigenvalue weighted by Crippen LogP contribution is -2.11. The van der Waals surface area contributed by atoms with E-state index >= 15 is 0 Å². The van der Waals surface area contributed by atoms with Crippen LogP contribution in [0, 0.1) is 0 Å². The molecule has 0 saturated carbocycles. The van der Waals surface area contributed by atoms with Gasteiger partial charge in [-0.1, -0.05) is 46.8 Å². The summed E-state index contributed by atoms with van der Waals surface area (Å²) in [6.45, 7) is 3.63. The van der Waals surface area contributed by atoms with Crippen LogP contribution in [0.2, 0.25) is 5.02 Å². The van der Waals surface area contributed by atoms with Crippen LogP contribution in [-0.2, 0) is 0 Å². The van der Waals surface area contributed by atoms with Crippen molar-refractivity contribution in [2.75, 3.05) is 11.1 Å². The monoisotopic (exact) mass is 311 g/mol. The number of thioether (sulfide) groups is 1. The topological polar surface area (TPSA) is 54.9 Å². The van der Waals surface area contributed by atoms with Gasteiger partial charge in [-0.3, -0.25) is 10.1 Å². The van der Waals surface area contributed by atoms with Crippen molar-refractivity contribution in [1.82, 2.24) is 10.2 Å². The minimum absolute atomic E-state index is 0.251. The molecule has 0 atom stereocenters. The lowest BCUT2D eigenvalue weighted by Gasteiger charge is -2.00. The Hall–Kier alpha value is -1.37. The van der Waals surface area contributed by atoms with Crippen molar-refractivity contribution in [3.63, 3.8) is 0 Å². The van der Waals surface area contributed by atoms with Gasteiger partial charge in [0, 0.05) is 16.3 Å². The number of hydrogen-bond donors (Lipinski definition) is 1. The molecule has 1 amide bonds. The molecule has 0 aliphatic heterocycles. The molecule has 1 aromatic heterocycles. The molecule has 0 unspecified atom stereocenters. The molecule has 0 aliphatic carbocycles. The van der Waals surface area contributed by atoms with Crippen LogP contribution in [0.5, 0.6) is 0 Å². The fraction of sp³-hybridized carbons (Fsp3) is 0.0833. The zero-order valence-corrected chi connectivity index (χ0v) is 12.2. The minimum Gasteiger partial charge on any atom is -0.296 e. The van der Waals surface area contributed by atoms with Crippen molar-refractivity contribution in [3.8, 4) is 0 Å². The second-order valence-electron chi connectivity index (χ2n) is 3.44. The molecule has 1 N–H and O–H groups in total. The summed E-state index contributed by atoms with van der Waals surface area (Å²) in [7, 11) is 0. The normalized spacial score (nSPS) is 10.2. The molecule has 0 spiro atoms. The van der Waals surface area contributed by atoms with Crippen LogP contribution in [0.15, 0.2) is 41.3 Å². The molecule has 98 valence electrons. The maximum absolute atomic E-state index is 11.9. The third-order valence-electron chi connectivity index (χ3n) is 2.04. The second-order valence-corrected chi connectivity index (χ2v) is 6.12. The summed E-state index contributed by atoms with van der Waals surface area (Å²) in [5, 5.41) is 11.5. The lowest BCUT2D eigenvalue weighted by molar-refractivity contribution is 0.102. The highest BCUT2D eigenvalue weighted by Crippen LogP contribution is 2.25. The molecule has 1 aromatic carbocycles. The van der Waals surface area contributed by atoms with Crippen LogP contribution >= 0.6 is 34.7 Å². The maximum atomic E-state index is 11.9. The highest BCUT2D eigenvalue weighted by Gasteiger charge is 2.10. The van der Waals surface area contributed by atoms with Gasteiger partial charge in [0.05, 0.1) is 0 Å². The minimum atomic E-state index is -0.251. The molecule has 2 aromatic rings. The van der Waals surface area contributed by atoms with E-state index in [0.29, 0.717) is 15.7 Å². The van der Waals surface area contributed by atoms with Gasteiger partial charge in [0.1, 0.15) is 0 Å². The van der Waals surface area contributed by atoms with E-state index < -0.39 is 0 Å². The van der Waals surface area contributed by atoms with Gasteiger partial charge < -0.3 is 0 Å². The molecule has 0 saturated heterocycles. The van der Waals surface area contributed by atoms with Crippen molar-refractivity contribution in [2.24, 2.45) is 0 Å². The van der Waals surface area contributed by atoms with Gasteiger partial charge in [-0.25, -0.2) is 0 Å². The number of anilines is 1. The van der Waals surface area contributed by atoms with E-state index in [1.807, 2.05) is 0 Å². The van der Waals surface area contributed by atoms with E-state index in [2.05, 4.69) is 22.1 Å². The van der Waals surface area contributed by atoms with Crippen LogP contribution in [0.3, 0.4) is 0 Å². The van der Waals surface area contributed by atoms with Gasteiger partial charge in [0.25, 0.3) is 5.91 Å². The zero-order valence-electron chi connectivity index (χ0n) is 9.80. The van der Waals surface area contributed by atoms with Crippen LogP contribution in [0.4, 0.5) is 5.13 Å². The smallest absolute Gasteiger partial charge is 0.257 e. The Balaban J connectivity index is 2.02. The average Bonchev–Trinajstić information content (AvgIpc) is 2.84. The van der Waals surface area contributed by atoms with Gasteiger partial charge in [-0.15, -0.1) is 16.8 Å². The lowest BCUT2D eigenvalue weighted by atomic mass is 10.2. The standard InChI is InChI=1S/C12H10ClN3OS2/c1-2-6-18-12-16-15-11(19-12)14-10(17)8-4-3-5-9(13)7-8/h2-5,7H,1,6H2,(H,14,15,17). The van der Waals surface area contributed by atoms with Crippen molar-refractivity contribution in [2.45, 2.75) is 4.34 Å². The molecule has 0 aliphatic rings. The predicted octanol–water partition coefficient (Wildman–Crippen LogP) is 3.72. The Morgan fingerprint density at radius 2 is 2.37 bits per heavy atom. The largest absolute Gasteiger partial charge is 0.296 e. The van der Waals surface area contributed by atoms with Crippen molar-refractivity contribution >= 4 is 45.7 Å². The SMILES string of the molecule is C=CCSc1nnc(NC(=O)c2cccc(Cl)c2)s1. The Morgan fingerprint density at radius 3 is 3.11 bits per heavy atom. The Bertz CT molecular complexity index is 600. The average molecular weight is 312 g/mol. The van der Waals surface area contributed by atoms with E-state index in [1.54, 1.807) is 30.3 Å². The molecule has 19 heavy (non-hydrogen) atoms. The maximum Gasteiger partial charge on any atom is 0.257 e. The first-order valence-electron chi connectivity index (χ1n) is 5.33. The number of hydrogen-bond acceptors (Lipinski definition) is 5. The van der Waals surface area contributed by atoms with Crippen molar-refractivity contribution < 1.29 is 4.79 Å². The molecule has 4 nitrogen and oxygen atoms in total. The third-order valence-corrected chi connectivity index (χ3v) is 4.24. The number of aromatic nitrogens is 2. The molecule has 2 rings (SSSR count). The summed E-state index contributed by atoms with van der Waals surface area (Å²) < 4.78 is 0.793. The number of carbonyl (C=O) groups is 1. The van der Waals surface area contributed by atoms with E-state index in [1.165, 1.54) is 23.1 Å². The molecule has 0 radical (unpaired) electrons. The van der Waals surface area contributed by atoms with Gasteiger partial charge >= 0.3 is 0 Å². The first kappa shape index (κ1) is 14.0. The fourth-order valence-electron chi connectivity index (χ4n) is 1.25. The molecule has 0 fully saturated rings. The van der Waals surface area contributed by atoms with Crippen molar-refractivity contribution in [3.05, 3.63) is 47.5 Å². The van der Waals surface area contributed by atoms with Crippen LogP contribution in [0.25, 0.3) is 0 Å². The van der Waals surface area contributed by atoms with E-state index in [9.17, 15) is 4.79 Å². The van der Waals surface area contributed by atoms with Gasteiger partial charge in [0.15, 0.2) is 4.34 Å². The number of halogens is 1. The first-order valence-corrected chi connectivity index (χ1v) is 7.51. The van der Waals surface area contributed by atoms with Gasteiger partial charge in [-0.2, -0.15) is 0 Å². The van der Waals surface area contributed by atoms with E-state index in [-0.39, 0.29) is 5.91 Å². The number of carbonyl (C=O) groups excluding carboxylic acids is 1. The summed E-state index contributed by atoms with van der Waals surface area (Å²) in [4.78, 5) is 11.9. The van der Waals surface area contributed by atoms with Gasteiger partial charge in [0.2, 0.25) is 5.13 Å². The predicted molar refractivity (Wildman–Crippen MR) is 80.2 cm³/mol. The summed E-state index contributed by atoms with van der Waals surface area (Å²) in [5.74, 6) is 0.510.